The molecule has 1 aromatic rings. The standard InChI is InChI=1S/C9H17N5O4S/c1-14(2)19(15,16)6-5-10-7-11-8(17-3)13-9(12-7)18-4/h5-6H2,1-4H3,(H,10,11,12,13). The van der Waals surface area contributed by atoms with E-state index < -0.39 is 10.0 Å². The van der Waals surface area contributed by atoms with E-state index in [1.807, 2.05) is 0 Å². The van der Waals surface area contributed by atoms with E-state index in [4.69, 9.17) is 9.47 Å². The quantitative estimate of drug-likeness (QED) is 0.695. The summed E-state index contributed by atoms with van der Waals surface area (Å²) in [5, 5.41) is 2.78. The molecule has 0 unspecified atom stereocenters. The van der Waals surface area contributed by atoms with E-state index in [-0.39, 0.29) is 30.3 Å². The Hall–Kier alpha value is -1.68. The first-order valence-corrected chi connectivity index (χ1v) is 6.98. The molecule has 0 saturated heterocycles. The van der Waals surface area contributed by atoms with E-state index in [0.29, 0.717) is 0 Å². The van der Waals surface area contributed by atoms with Crippen LogP contribution in [0.1, 0.15) is 0 Å². The first kappa shape index (κ1) is 15.4. The molecule has 0 fully saturated rings. The van der Waals surface area contributed by atoms with Gasteiger partial charge in [0.25, 0.3) is 0 Å². The number of anilines is 1. The van der Waals surface area contributed by atoms with Crippen molar-refractivity contribution in [1.29, 1.82) is 0 Å². The highest BCUT2D eigenvalue weighted by Crippen LogP contribution is 2.11. The average molecular weight is 291 g/mol. The number of nitrogens with zero attached hydrogens (tertiary/aromatic N) is 4. The third-order valence-corrected chi connectivity index (χ3v) is 3.99. The van der Waals surface area contributed by atoms with E-state index in [1.54, 1.807) is 0 Å². The largest absolute Gasteiger partial charge is 0.467 e. The summed E-state index contributed by atoms with van der Waals surface area (Å²) >= 11 is 0. The van der Waals surface area contributed by atoms with Gasteiger partial charge in [-0.2, -0.15) is 9.97 Å². The molecule has 0 aromatic carbocycles. The normalized spacial score (nSPS) is 11.4. The number of methoxy groups -OCH3 is 2. The molecule has 0 aliphatic carbocycles. The molecular formula is C9H17N5O4S. The Labute approximate surface area is 112 Å². The SMILES string of the molecule is COc1nc(NCCS(=O)(=O)N(C)C)nc(OC)n1. The van der Waals surface area contributed by atoms with Crippen molar-refractivity contribution >= 4 is 16.0 Å². The molecule has 1 aromatic heterocycles. The molecule has 0 radical (unpaired) electrons. The van der Waals surface area contributed by atoms with Gasteiger partial charge >= 0.3 is 12.0 Å². The van der Waals surface area contributed by atoms with Crippen molar-refractivity contribution in [2.45, 2.75) is 0 Å². The van der Waals surface area contributed by atoms with Crippen molar-refractivity contribution < 1.29 is 17.9 Å². The first-order valence-electron chi connectivity index (χ1n) is 5.37. The van der Waals surface area contributed by atoms with Crippen LogP contribution in [-0.2, 0) is 10.0 Å². The summed E-state index contributed by atoms with van der Waals surface area (Å²) < 4.78 is 34.0. The van der Waals surface area contributed by atoms with Crippen LogP contribution in [0.4, 0.5) is 5.95 Å². The summed E-state index contributed by atoms with van der Waals surface area (Å²) in [6, 6.07) is 0.176. The van der Waals surface area contributed by atoms with Crippen LogP contribution in [0.5, 0.6) is 12.0 Å². The monoisotopic (exact) mass is 291 g/mol. The zero-order chi connectivity index (χ0) is 14.5. The van der Waals surface area contributed by atoms with Gasteiger partial charge in [-0.1, -0.05) is 0 Å². The second kappa shape index (κ2) is 6.48. The van der Waals surface area contributed by atoms with E-state index in [2.05, 4.69) is 20.3 Å². The number of hydrogen-bond donors (Lipinski definition) is 1. The van der Waals surface area contributed by atoms with Gasteiger partial charge in [-0.15, -0.1) is 4.98 Å². The Morgan fingerprint density at radius 3 is 2.05 bits per heavy atom. The maximum absolute atomic E-state index is 11.6. The Kier molecular flexibility index (Phi) is 5.24. The third-order valence-electron chi connectivity index (χ3n) is 2.16. The summed E-state index contributed by atoms with van der Waals surface area (Å²) in [5.41, 5.74) is 0. The maximum atomic E-state index is 11.6. The molecule has 0 amide bonds. The van der Waals surface area contributed by atoms with Gasteiger partial charge in [-0.3, -0.25) is 0 Å². The molecular weight excluding hydrogens is 274 g/mol. The smallest absolute Gasteiger partial charge is 0.324 e. The molecule has 108 valence electrons. The lowest BCUT2D eigenvalue weighted by Gasteiger charge is -2.11. The molecule has 0 saturated carbocycles. The van der Waals surface area contributed by atoms with Crippen LogP contribution in [0.2, 0.25) is 0 Å². The lowest BCUT2D eigenvalue weighted by Crippen LogP contribution is -2.28. The van der Waals surface area contributed by atoms with Gasteiger partial charge in [0, 0.05) is 20.6 Å². The van der Waals surface area contributed by atoms with Gasteiger partial charge < -0.3 is 14.8 Å². The number of nitrogens with one attached hydrogen (secondary N) is 1. The number of aromatic nitrogens is 3. The third kappa shape index (κ3) is 4.48. The van der Waals surface area contributed by atoms with Crippen LogP contribution in [0, 0.1) is 0 Å². The van der Waals surface area contributed by atoms with Gasteiger partial charge in [0.1, 0.15) is 0 Å². The topological polar surface area (TPSA) is 107 Å². The molecule has 0 aliphatic heterocycles. The van der Waals surface area contributed by atoms with E-state index >= 15 is 0 Å². The Morgan fingerprint density at radius 1 is 1.11 bits per heavy atom. The fourth-order valence-electron chi connectivity index (χ4n) is 1.07. The first-order chi connectivity index (χ1) is 8.89. The molecule has 1 heterocycles. The van der Waals surface area contributed by atoms with Crippen molar-refractivity contribution in [2.75, 3.05) is 45.9 Å². The molecule has 0 spiro atoms. The van der Waals surface area contributed by atoms with Crippen molar-refractivity contribution in [3.63, 3.8) is 0 Å². The highest BCUT2D eigenvalue weighted by Gasteiger charge is 2.13. The maximum Gasteiger partial charge on any atom is 0.324 e. The minimum atomic E-state index is -3.26. The molecule has 1 rings (SSSR count). The summed E-state index contributed by atoms with van der Waals surface area (Å²) in [4.78, 5) is 11.7. The van der Waals surface area contributed by atoms with Gasteiger partial charge in [0.2, 0.25) is 16.0 Å². The number of sulfonamides is 1. The van der Waals surface area contributed by atoms with E-state index in [9.17, 15) is 8.42 Å². The highest BCUT2D eigenvalue weighted by atomic mass is 32.2. The summed E-state index contributed by atoms with van der Waals surface area (Å²) in [7, 11) is 2.51. The van der Waals surface area contributed by atoms with Gasteiger partial charge in [-0.25, -0.2) is 12.7 Å². The predicted octanol–water partition coefficient (Wildman–Crippen LogP) is -0.808. The zero-order valence-corrected chi connectivity index (χ0v) is 12.1. The summed E-state index contributed by atoms with van der Waals surface area (Å²) in [6.07, 6.45) is 0. The van der Waals surface area contributed by atoms with Crippen molar-refractivity contribution in [1.82, 2.24) is 19.3 Å². The van der Waals surface area contributed by atoms with Gasteiger partial charge in [0.05, 0.1) is 20.0 Å². The van der Waals surface area contributed by atoms with Crippen molar-refractivity contribution in [3.8, 4) is 12.0 Å². The predicted molar refractivity (Wildman–Crippen MR) is 68.9 cm³/mol. The minimum absolute atomic E-state index is 0.0731. The van der Waals surface area contributed by atoms with Crippen LogP contribution in [0.15, 0.2) is 0 Å². The fraction of sp³-hybridized carbons (Fsp3) is 0.667. The average Bonchev–Trinajstić information content (AvgIpc) is 2.37. The van der Waals surface area contributed by atoms with E-state index in [0.717, 1.165) is 4.31 Å². The molecule has 19 heavy (non-hydrogen) atoms. The Bertz CT molecular complexity index is 497. The Morgan fingerprint density at radius 2 is 1.63 bits per heavy atom. The molecule has 10 heteroatoms. The van der Waals surface area contributed by atoms with Crippen LogP contribution in [-0.4, -0.2) is 68.3 Å². The second-order valence-electron chi connectivity index (χ2n) is 3.66. The lowest BCUT2D eigenvalue weighted by atomic mass is 10.7. The number of rotatable bonds is 7. The van der Waals surface area contributed by atoms with Crippen molar-refractivity contribution in [3.05, 3.63) is 0 Å². The molecule has 0 atom stereocenters. The number of ether oxygens (including phenoxy) is 2. The molecule has 1 N–H and O–H groups in total. The lowest BCUT2D eigenvalue weighted by molar-refractivity contribution is 0.341. The van der Waals surface area contributed by atoms with Crippen molar-refractivity contribution in [2.24, 2.45) is 0 Å². The van der Waals surface area contributed by atoms with E-state index in [1.165, 1.54) is 28.3 Å². The van der Waals surface area contributed by atoms with Crippen LogP contribution >= 0.6 is 0 Å². The molecule has 0 aliphatic rings. The molecule has 9 nitrogen and oxygen atoms in total. The van der Waals surface area contributed by atoms with Gasteiger partial charge in [0.15, 0.2) is 0 Å². The van der Waals surface area contributed by atoms with Crippen LogP contribution < -0.4 is 14.8 Å². The van der Waals surface area contributed by atoms with Crippen LogP contribution in [0.25, 0.3) is 0 Å². The highest BCUT2D eigenvalue weighted by molar-refractivity contribution is 7.89. The minimum Gasteiger partial charge on any atom is -0.467 e. The van der Waals surface area contributed by atoms with Crippen LogP contribution in [0.3, 0.4) is 0 Å². The fourth-order valence-corrected chi connectivity index (χ4v) is 1.80. The summed E-state index contributed by atoms with van der Waals surface area (Å²) in [6.45, 7) is 0.164. The molecule has 0 bridgehead atoms. The number of hydrogen-bond acceptors (Lipinski definition) is 8. The summed E-state index contributed by atoms with van der Waals surface area (Å²) in [5.74, 6) is 0.119. The second-order valence-corrected chi connectivity index (χ2v) is 5.96. The van der Waals surface area contributed by atoms with Gasteiger partial charge in [-0.05, 0) is 0 Å². The Balaban J connectivity index is 2.68. The zero-order valence-electron chi connectivity index (χ0n) is 11.2.